The van der Waals surface area contributed by atoms with E-state index in [1.54, 1.807) is 0 Å². The number of ether oxygens (including phenoxy) is 1. The fraction of sp³-hybridized carbons (Fsp3) is 1.00. The minimum atomic E-state index is -4.83. The Kier molecular flexibility index (Phi) is 3.82. The van der Waals surface area contributed by atoms with E-state index in [1.807, 2.05) is 0 Å². The summed E-state index contributed by atoms with van der Waals surface area (Å²) in [6, 6.07) is 0. The van der Waals surface area contributed by atoms with Crippen LogP contribution in [0.1, 0.15) is 6.42 Å². The van der Waals surface area contributed by atoms with Crippen molar-refractivity contribution in [2.45, 2.75) is 18.2 Å². The van der Waals surface area contributed by atoms with E-state index in [0.29, 0.717) is 4.31 Å². The molecule has 0 amide bonds. The van der Waals surface area contributed by atoms with Crippen molar-refractivity contribution < 1.29 is 31.4 Å². The number of alkyl halides is 3. The largest absolute Gasteiger partial charge is 0.418 e. The minimum absolute atomic E-state index is 0.114. The molecule has 6 nitrogen and oxygen atoms in total. The van der Waals surface area contributed by atoms with Gasteiger partial charge < -0.3 is 9.84 Å². The molecule has 0 radical (unpaired) electrons. The molecule has 0 aromatic carbocycles. The van der Waals surface area contributed by atoms with Gasteiger partial charge in [0.05, 0.1) is 19.8 Å². The molecule has 1 unspecified atom stereocenters. The Morgan fingerprint density at radius 3 is 2.16 bits per heavy atom. The van der Waals surface area contributed by atoms with Gasteiger partial charge in [0, 0.05) is 26.1 Å². The zero-order valence-corrected chi connectivity index (χ0v) is 10.9. The van der Waals surface area contributed by atoms with Gasteiger partial charge in [-0.2, -0.15) is 30.2 Å². The highest BCUT2D eigenvalue weighted by Gasteiger charge is 2.59. The van der Waals surface area contributed by atoms with Gasteiger partial charge in [0.15, 0.2) is 5.60 Å². The molecule has 0 aromatic heterocycles. The van der Waals surface area contributed by atoms with Crippen LogP contribution in [0.2, 0.25) is 0 Å². The highest BCUT2D eigenvalue weighted by Crippen LogP contribution is 2.38. The lowest BCUT2D eigenvalue weighted by molar-refractivity contribution is -0.252. The maximum absolute atomic E-state index is 12.6. The molecule has 19 heavy (non-hydrogen) atoms. The molecule has 0 aromatic rings. The summed E-state index contributed by atoms with van der Waals surface area (Å²) >= 11 is 0. The first-order chi connectivity index (χ1) is 8.67. The monoisotopic (exact) mass is 304 g/mol. The van der Waals surface area contributed by atoms with Crippen molar-refractivity contribution in [3.05, 3.63) is 0 Å². The molecule has 0 aliphatic carbocycles. The van der Waals surface area contributed by atoms with Crippen LogP contribution in [-0.4, -0.2) is 73.3 Å². The standard InChI is InChI=1S/C9H15F3N2O4S/c10-9(11,12)8(15)1-2-14(7-8)19(16,17)13-3-5-18-6-4-13/h15H,1-7H2. The Hall–Kier alpha value is -0.420. The van der Waals surface area contributed by atoms with Gasteiger partial charge >= 0.3 is 6.18 Å². The second-order valence-electron chi connectivity index (χ2n) is 4.63. The van der Waals surface area contributed by atoms with E-state index in [-0.39, 0.29) is 32.8 Å². The smallest absolute Gasteiger partial charge is 0.379 e. The lowest BCUT2D eigenvalue weighted by atomic mass is 10.0. The molecule has 2 aliphatic heterocycles. The van der Waals surface area contributed by atoms with Crippen LogP contribution in [0.4, 0.5) is 13.2 Å². The van der Waals surface area contributed by atoms with Crippen LogP contribution >= 0.6 is 0 Å². The number of nitrogens with zero attached hydrogens (tertiary/aromatic N) is 2. The average Bonchev–Trinajstić information content (AvgIpc) is 2.74. The first-order valence-electron chi connectivity index (χ1n) is 5.79. The summed E-state index contributed by atoms with van der Waals surface area (Å²) in [5.41, 5.74) is -2.95. The summed E-state index contributed by atoms with van der Waals surface area (Å²) in [5, 5.41) is 9.49. The molecular formula is C9H15F3N2O4S. The topological polar surface area (TPSA) is 70.1 Å². The molecule has 0 bridgehead atoms. The predicted octanol–water partition coefficient (Wildman–Crippen LogP) is -0.438. The summed E-state index contributed by atoms with van der Waals surface area (Å²) in [6.45, 7) is -0.619. The predicted molar refractivity (Wildman–Crippen MR) is 58.5 cm³/mol. The molecule has 0 saturated carbocycles. The van der Waals surface area contributed by atoms with Gasteiger partial charge in [-0.3, -0.25) is 0 Å². The molecule has 112 valence electrons. The molecule has 1 N–H and O–H groups in total. The minimum Gasteiger partial charge on any atom is -0.379 e. The molecule has 2 aliphatic rings. The van der Waals surface area contributed by atoms with E-state index in [9.17, 15) is 26.7 Å². The van der Waals surface area contributed by atoms with Crippen LogP contribution in [0.15, 0.2) is 0 Å². The molecule has 10 heteroatoms. The van der Waals surface area contributed by atoms with Crippen molar-refractivity contribution in [3.63, 3.8) is 0 Å². The molecular weight excluding hydrogens is 289 g/mol. The molecule has 2 heterocycles. The molecule has 1 atom stereocenters. The van der Waals surface area contributed by atoms with Crippen molar-refractivity contribution >= 4 is 10.2 Å². The van der Waals surface area contributed by atoms with Gasteiger partial charge in [0.2, 0.25) is 0 Å². The van der Waals surface area contributed by atoms with Crippen LogP contribution in [0.3, 0.4) is 0 Å². The Bertz CT molecular complexity index is 435. The van der Waals surface area contributed by atoms with Crippen LogP contribution in [0.25, 0.3) is 0 Å². The number of rotatable bonds is 2. The van der Waals surface area contributed by atoms with Gasteiger partial charge in [0.25, 0.3) is 10.2 Å². The quantitative estimate of drug-likeness (QED) is 0.751. The summed E-state index contributed by atoms with van der Waals surface area (Å²) in [6.07, 6.45) is -5.47. The van der Waals surface area contributed by atoms with Gasteiger partial charge in [-0.05, 0) is 0 Å². The number of hydrogen-bond acceptors (Lipinski definition) is 4. The van der Waals surface area contributed by atoms with Crippen molar-refractivity contribution in [1.29, 1.82) is 0 Å². The van der Waals surface area contributed by atoms with E-state index in [0.717, 1.165) is 4.31 Å². The van der Waals surface area contributed by atoms with Crippen molar-refractivity contribution in [1.82, 2.24) is 8.61 Å². The lowest BCUT2D eigenvalue weighted by Gasteiger charge is -2.31. The Balaban J connectivity index is 2.11. The number of hydrogen-bond donors (Lipinski definition) is 1. The number of β-amino-alcohol motifs (C(OH)–C–C–N with tert-alkyl or cyclic N) is 1. The fourth-order valence-electron chi connectivity index (χ4n) is 2.13. The Morgan fingerprint density at radius 1 is 1.11 bits per heavy atom. The summed E-state index contributed by atoms with van der Waals surface area (Å²) in [7, 11) is -3.97. The second-order valence-corrected chi connectivity index (χ2v) is 6.56. The van der Waals surface area contributed by atoms with Gasteiger partial charge in [-0.25, -0.2) is 0 Å². The third-order valence-electron chi connectivity index (χ3n) is 3.36. The summed E-state index contributed by atoms with van der Waals surface area (Å²) in [4.78, 5) is 0. The zero-order chi connectivity index (χ0) is 14.3. The third-order valence-corrected chi connectivity index (χ3v) is 5.34. The van der Waals surface area contributed by atoms with Crippen LogP contribution in [0.5, 0.6) is 0 Å². The SMILES string of the molecule is O=S(=O)(N1CCOCC1)N1CCC(O)(C(F)(F)F)C1. The normalized spacial score (nSPS) is 31.8. The average molecular weight is 304 g/mol. The highest BCUT2D eigenvalue weighted by atomic mass is 32.2. The zero-order valence-electron chi connectivity index (χ0n) is 10.1. The molecule has 2 fully saturated rings. The summed E-state index contributed by atoms with van der Waals surface area (Å²) in [5.74, 6) is 0. The van der Waals surface area contributed by atoms with Crippen LogP contribution < -0.4 is 0 Å². The first kappa shape index (κ1) is 15.0. The fourth-order valence-corrected chi connectivity index (χ4v) is 3.76. The molecule has 0 spiro atoms. The van der Waals surface area contributed by atoms with Crippen molar-refractivity contribution in [3.8, 4) is 0 Å². The van der Waals surface area contributed by atoms with E-state index in [1.165, 1.54) is 0 Å². The maximum Gasteiger partial charge on any atom is 0.418 e. The van der Waals surface area contributed by atoms with Gasteiger partial charge in [-0.1, -0.05) is 0 Å². The molecule has 2 saturated heterocycles. The van der Waals surface area contributed by atoms with E-state index in [4.69, 9.17) is 4.74 Å². The number of aliphatic hydroxyl groups is 1. The number of halogens is 3. The summed E-state index contributed by atoms with van der Waals surface area (Å²) < 4.78 is 68.9. The van der Waals surface area contributed by atoms with Crippen molar-refractivity contribution in [2.75, 3.05) is 39.4 Å². The Labute approximate surface area is 108 Å². The molecule has 2 rings (SSSR count). The van der Waals surface area contributed by atoms with Gasteiger partial charge in [-0.15, -0.1) is 0 Å². The maximum atomic E-state index is 12.6. The van der Waals surface area contributed by atoms with Crippen LogP contribution in [0, 0.1) is 0 Å². The lowest BCUT2D eigenvalue weighted by Crippen LogP contribution is -2.51. The van der Waals surface area contributed by atoms with E-state index >= 15 is 0 Å². The first-order valence-corrected chi connectivity index (χ1v) is 7.19. The second kappa shape index (κ2) is 4.85. The Morgan fingerprint density at radius 2 is 1.68 bits per heavy atom. The van der Waals surface area contributed by atoms with Crippen molar-refractivity contribution in [2.24, 2.45) is 0 Å². The van der Waals surface area contributed by atoms with Gasteiger partial charge in [0.1, 0.15) is 0 Å². The van der Waals surface area contributed by atoms with Crippen LogP contribution in [-0.2, 0) is 14.9 Å². The third kappa shape index (κ3) is 2.72. The van der Waals surface area contributed by atoms with E-state index < -0.39 is 35.0 Å². The van der Waals surface area contributed by atoms with E-state index in [2.05, 4.69) is 0 Å². The number of morpholine rings is 1. The highest BCUT2D eigenvalue weighted by molar-refractivity contribution is 7.86.